The minimum absolute atomic E-state index is 0.104. The highest BCUT2D eigenvalue weighted by Gasteiger charge is 2.30. The molecular formula is C13H18FNO2S2. The number of nitrogens with zero attached hydrogens (tertiary/aromatic N) is 1. The van der Waals surface area contributed by atoms with Gasteiger partial charge < -0.3 is 0 Å². The average Bonchev–Trinajstić information content (AvgIpc) is 2.51. The second-order valence-electron chi connectivity index (χ2n) is 5.22. The van der Waals surface area contributed by atoms with Gasteiger partial charge in [0, 0.05) is 23.6 Å². The smallest absolute Gasteiger partial charge is 0.207 e. The molecule has 6 heteroatoms. The van der Waals surface area contributed by atoms with E-state index in [2.05, 4.69) is 13.8 Å². The van der Waals surface area contributed by atoms with Crippen molar-refractivity contribution in [3.8, 4) is 0 Å². The van der Waals surface area contributed by atoms with Crippen LogP contribution < -0.4 is 0 Å². The first-order valence-corrected chi connectivity index (χ1v) is 8.63. The van der Waals surface area contributed by atoms with Crippen molar-refractivity contribution in [1.82, 2.24) is 4.31 Å². The van der Waals surface area contributed by atoms with Gasteiger partial charge in [-0.3, -0.25) is 0 Å². The van der Waals surface area contributed by atoms with Gasteiger partial charge in [0.2, 0.25) is 10.0 Å². The van der Waals surface area contributed by atoms with E-state index in [4.69, 9.17) is 0 Å². The molecule has 106 valence electrons. The first kappa shape index (κ1) is 14.8. The van der Waals surface area contributed by atoms with E-state index in [0.717, 1.165) is 12.2 Å². The molecule has 0 atom stereocenters. The number of hydrogen-bond donors (Lipinski definition) is 0. The first-order valence-electron chi connectivity index (χ1n) is 6.21. The van der Waals surface area contributed by atoms with Crippen LogP contribution in [0.4, 0.5) is 4.39 Å². The van der Waals surface area contributed by atoms with Crippen LogP contribution in [0.1, 0.15) is 20.3 Å². The zero-order valence-electron chi connectivity index (χ0n) is 11.1. The average molecular weight is 303 g/mol. The summed E-state index contributed by atoms with van der Waals surface area (Å²) < 4.78 is 39.4. The molecule has 0 N–H and O–H groups in total. The minimum Gasteiger partial charge on any atom is -0.207 e. The van der Waals surface area contributed by atoms with Crippen molar-refractivity contribution in [3.05, 3.63) is 30.1 Å². The van der Waals surface area contributed by atoms with E-state index in [-0.39, 0.29) is 9.64 Å². The zero-order chi connectivity index (χ0) is 14.1. The Kier molecular flexibility index (Phi) is 4.23. The normalized spacial score (nSPS) is 21.0. The van der Waals surface area contributed by atoms with Crippen molar-refractivity contribution in [1.29, 1.82) is 0 Å². The highest BCUT2D eigenvalue weighted by atomic mass is 32.2. The fourth-order valence-electron chi connectivity index (χ4n) is 2.00. The Balaban J connectivity index is 2.22. The molecule has 0 unspecified atom stereocenters. The van der Waals surface area contributed by atoms with Gasteiger partial charge in [-0.15, -0.1) is 0 Å². The molecule has 1 aromatic rings. The third-order valence-corrected chi connectivity index (χ3v) is 6.53. The van der Waals surface area contributed by atoms with Crippen molar-refractivity contribution in [2.24, 2.45) is 0 Å². The number of benzene rings is 1. The highest BCUT2D eigenvalue weighted by molar-refractivity contribution is 8.00. The molecule has 0 aliphatic carbocycles. The maximum absolute atomic E-state index is 12.9. The minimum atomic E-state index is -3.50. The van der Waals surface area contributed by atoms with E-state index >= 15 is 0 Å². The van der Waals surface area contributed by atoms with Gasteiger partial charge >= 0.3 is 0 Å². The third-order valence-electron chi connectivity index (χ3n) is 3.25. The summed E-state index contributed by atoms with van der Waals surface area (Å²) >= 11 is 1.79. The molecule has 0 amide bonds. The SMILES string of the molecule is CC1(C)CCN(S(=O)(=O)c2ccc(F)cc2)CCS1. The molecule has 2 rings (SSSR count). The van der Waals surface area contributed by atoms with Crippen LogP contribution in [-0.4, -0.2) is 36.3 Å². The predicted molar refractivity (Wildman–Crippen MR) is 76.3 cm³/mol. The van der Waals surface area contributed by atoms with Gasteiger partial charge in [0.15, 0.2) is 0 Å². The van der Waals surface area contributed by atoms with Crippen LogP contribution in [0.25, 0.3) is 0 Å². The van der Waals surface area contributed by atoms with Crippen LogP contribution in [0, 0.1) is 5.82 Å². The van der Waals surface area contributed by atoms with E-state index in [1.54, 1.807) is 11.8 Å². The lowest BCUT2D eigenvalue weighted by molar-refractivity contribution is 0.415. The lowest BCUT2D eigenvalue weighted by atomic mass is 10.1. The molecule has 1 saturated heterocycles. The Hall–Kier alpha value is -0.590. The molecule has 1 heterocycles. The number of halogens is 1. The van der Waals surface area contributed by atoms with Crippen molar-refractivity contribution in [3.63, 3.8) is 0 Å². The summed E-state index contributed by atoms with van der Waals surface area (Å²) in [5.41, 5.74) is 0. The Morgan fingerprint density at radius 3 is 2.47 bits per heavy atom. The fourth-order valence-corrected chi connectivity index (χ4v) is 4.65. The molecule has 0 bridgehead atoms. The molecule has 19 heavy (non-hydrogen) atoms. The molecular weight excluding hydrogens is 285 g/mol. The number of sulfonamides is 1. The molecule has 0 aromatic heterocycles. The molecule has 0 radical (unpaired) electrons. The fraction of sp³-hybridized carbons (Fsp3) is 0.538. The van der Waals surface area contributed by atoms with Crippen LogP contribution in [0.15, 0.2) is 29.2 Å². The number of hydrogen-bond acceptors (Lipinski definition) is 3. The number of rotatable bonds is 2. The van der Waals surface area contributed by atoms with Crippen LogP contribution in [-0.2, 0) is 10.0 Å². The van der Waals surface area contributed by atoms with Crippen LogP contribution in [0.5, 0.6) is 0 Å². The van der Waals surface area contributed by atoms with E-state index in [1.807, 2.05) is 0 Å². The Bertz CT molecular complexity index is 540. The summed E-state index contributed by atoms with van der Waals surface area (Å²) in [5.74, 6) is 0.361. The van der Waals surface area contributed by atoms with Gasteiger partial charge in [-0.1, -0.05) is 13.8 Å². The summed E-state index contributed by atoms with van der Waals surface area (Å²) in [5, 5.41) is 0. The quantitative estimate of drug-likeness (QED) is 0.843. The predicted octanol–water partition coefficient (Wildman–Crippen LogP) is 2.73. The second kappa shape index (κ2) is 5.42. The highest BCUT2D eigenvalue weighted by Crippen LogP contribution is 2.32. The molecule has 1 aromatic carbocycles. The molecule has 3 nitrogen and oxygen atoms in total. The maximum atomic E-state index is 12.9. The Morgan fingerprint density at radius 1 is 1.21 bits per heavy atom. The third kappa shape index (κ3) is 3.49. The molecule has 1 fully saturated rings. The van der Waals surface area contributed by atoms with Crippen LogP contribution in [0.3, 0.4) is 0 Å². The summed E-state index contributed by atoms with van der Waals surface area (Å²) in [7, 11) is -3.50. The van der Waals surface area contributed by atoms with Gasteiger partial charge in [-0.25, -0.2) is 12.8 Å². The van der Waals surface area contributed by atoms with E-state index in [9.17, 15) is 12.8 Å². The van der Waals surface area contributed by atoms with Crippen LogP contribution in [0.2, 0.25) is 0 Å². The van der Waals surface area contributed by atoms with Crippen molar-refractivity contribution in [2.45, 2.75) is 29.9 Å². The van der Waals surface area contributed by atoms with Crippen molar-refractivity contribution >= 4 is 21.8 Å². The van der Waals surface area contributed by atoms with E-state index in [1.165, 1.54) is 28.6 Å². The Morgan fingerprint density at radius 2 is 1.84 bits per heavy atom. The summed E-state index contributed by atoms with van der Waals surface area (Å²) in [6.07, 6.45) is 0.818. The Labute approximate surface area is 118 Å². The van der Waals surface area contributed by atoms with Gasteiger partial charge in [0.25, 0.3) is 0 Å². The largest absolute Gasteiger partial charge is 0.243 e. The summed E-state index contributed by atoms with van der Waals surface area (Å²) in [6, 6.07) is 5.02. The van der Waals surface area contributed by atoms with Gasteiger partial charge in [0.1, 0.15) is 5.82 Å². The maximum Gasteiger partial charge on any atom is 0.243 e. The van der Waals surface area contributed by atoms with Crippen molar-refractivity contribution < 1.29 is 12.8 Å². The molecule has 0 saturated carbocycles. The van der Waals surface area contributed by atoms with E-state index in [0.29, 0.717) is 13.1 Å². The topological polar surface area (TPSA) is 37.4 Å². The van der Waals surface area contributed by atoms with Gasteiger partial charge in [-0.05, 0) is 30.7 Å². The zero-order valence-corrected chi connectivity index (χ0v) is 12.7. The second-order valence-corrected chi connectivity index (χ2v) is 8.96. The number of thioether (sulfide) groups is 1. The summed E-state index contributed by atoms with van der Waals surface area (Å²) in [6.45, 7) is 5.28. The monoisotopic (exact) mass is 303 g/mol. The molecule has 1 aliphatic heterocycles. The van der Waals surface area contributed by atoms with Gasteiger partial charge in [-0.2, -0.15) is 16.1 Å². The van der Waals surface area contributed by atoms with Crippen LogP contribution >= 0.6 is 11.8 Å². The van der Waals surface area contributed by atoms with Gasteiger partial charge in [0.05, 0.1) is 4.90 Å². The molecule has 0 spiro atoms. The van der Waals surface area contributed by atoms with E-state index < -0.39 is 15.8 Å². The van der Waals surface area contributed by atoms with Crippen molar-refractivity contribution in [2.75, 3.05) is 18.8 Å². The molecule has 1 aliphatic rings. The first-order chi connectivity index (χ1) is 8.81. The summed E-state index contributed by atoms with van der Waals surface area (Å²) in [4.78, 5) is 0.165. The lowest BCUT2D eigenvalue weighted by Gasteiger charge is -2.22. The lowest BCUT2D eigenvalue weighted by Crippen LogP contribution is -2.33. The standard InChI is InChI=1S/C13H18FNO2S2/c1-13(2)7-8-15(9-10-18-13)19(16,17)12-5-3-11(14)4-6-12/h3-6H,7-10H2,1-2H3.